The van der Waals surface area contributed by atoms with Crippen molar-refractivity contribution < 1.29 is 0 Å². The highest BCUT2D eigenvalue weighted by Crippen LogP contribution is 2.35. The van der Waals surface area contributed by atoms with Gasteiger partial charge in [-0.15, -0.1) is 0 Å². The molecule has 0 spiro atoms. The Balaban J connectivity index is 0.000000497. The molecule has 2 rings (SSSR count). The molecule has 2 nitrogen and oxygen atoms in total. The van der Waals surface area contributed by atoms with Crippen LogP contribution >= 0.6 is 11.6 Å². The summed E-state index contributed by atoms with van der Waals surface area (Å²) in [6.07, 6.45) is 18.4. The summed E-state index contributed by atoms with van der Waals surface area (Å²) in [5, 5.41) is 3.92. The Morgan fingerprint density at radius 3 is 2.28 bits per heavy atom. The Morgan fingerprint density at radius 2 is 1.69 bits per heavy atom. The number of nitrogens with zero attached hydrogens (tertiary/aromatic N) is 1. The van der Waals surface area contributed by atoms with E-state index >= 15 is 0 Å². The molecule has 0 fully saturated rings. The molecule has 1 heterocycles. The van der Waals surface area contributed by atoms with E-state index in [0.29, 0.717) is 0 Å². The van der Waals surface area contributed by atoms with Gasteiger partial charge in [-0.25, -0.2) is 0 Å². The molecule has 198 valence electrons. The van der Waals surface area contributed by atoms with Gasteiger partial charge in [0.05, 0.1) is 5.69 Å². The number of hydrogen-bond acceptors (Lipinski definition) is 2. The number of hydrogen-bond donors (Lipinski definition) is 1. The number of benzene rings is 1. The second kappa shape index (κ2) is 18.9. The normalized spacial score (nSPS) is 11.3. The molecule has 0 aliphatic carbocycles. The second-order valence-corrected chi connectivity index (χ2v) is 9.90. The quantitative estimate of drug-likeness (QED) is 0.291. The maximum atomic E-state index is 6.30. The number of halogens is 1. The predicted octanol–water partition coefficient (Wildman–Crippen LogP) is 10.6. The largest absolute Gasteiger partial charge is 0.368 e. The van der Waals surface area contributed by atoms with Gasteiger partial charge in [-0.2, -0.15) is 0 Å². The van der Waals surface area contributed by atoms with Crippen LogP contribution < -0.4 is 5.32 Å². The first kappa shape index (κ1) is 31.7. The molecule has 1 N–H and O–H groups in total. The van der Waals surface area contributed by atoms with E-state index in [4.69, 9.17) is 16.6 Å². The smallest absolute Gasteiger partial charge is 0.0736 e. The number of aromatic nitrogens is 1. The van der Waals surface area contributed by atoms with Crippen molar-refractivity contribution in [2.45, 2.75) is 106 Å². The Labute approximate surface area is 227 Å². The number of unbranched alkanes of at least 4 members (excludes halogenated alkanes) is 1. The van der Waals surface area contributed by atoms with Crippen LogP contribution in [0.4, 0.5) is 0 Å². The molecular formula is C33H49ClN2. The third kappa shape index (κ3) is 11.2. The molecular weight excluding hydrogens is 460 g/mol. The SMILES string of the molecule is C/C=C/N/C=C(\C)CCCC.CCCC(CCC)=C(c1ccc(Cl)cc1CCC)c1ncccc1C. The first-order chi connectivity index (χ1) is 17.4. The Hall–Kier alpha value is -2.32. The van der Waals surface area contributed by atoms with Crippen molar-refractivity contribution in [3.8, 4) is 0 Å². The number of pyridine rings is 1. The van der Waals surface area contributed by atoms with Crippen LogP contribution in [0.3, 0.4) is 0 Å². The van der Waals surface area contributed by atoms with Crippen molar-refractivity contribution in [1.82, 2.24) is 10.3 Å². The highest BCUT2D eigenvalue weighted by atomic mass is 35.5. The Kier molecular flexibility index (Phi) is 16.6. The summed E-state index contributed by atoms with van der Waals surface area (Å²) in [5.41, 5.74) is 9.28. The van der Waals surface area contributed by atoms with Gasteiger partial charge < -0.3 is 5.32 Å². The fourth-order valence-electron chi connectivity index (χ4n) is 4.31. The van der Waals surface area contributed by atoms with Gasteiger partial charge >= 0.3 is 0 Å². The van der Waals surface area contributed by atoms with Gasteiger partial charge in [0.1, 0.15) is 0 Å². The van der Waals surface area contributed by atoms with Gasteiger partial charge in [0, 0.05) is 16.8 Å². The van der Waals surface area contributed by atoms with Crippen molar-refractivity contribution in [2.24, 2.45) is 0 Å². The van der Waals surface area contributed by atoms with Gasteiger partial charge in [-0.05, 0) is 100 Å². The van der Waals surface area contributed by atoms with Crippen LogP contribution in [0.5, 0.6) is 0 Å². The monoisotopic (exact) mass is 508 g/mol. The van der Waals surface area contributed by atoms with E-state index in [1.165, 1.54) is 52.7 Å². The lowest BCUT2D eigenvalue weighted by Crippen LogP contribution is -2.03. The molecule has 3 heteroatoms. The van der Waals surface area contributed by atoms with Crippen LogP contribution in [0.2, 0.25) is 5.02 Å². The summed E-state index contributed by atoms with van der Waals surface area (Å²) in [4.78, 5) is 4.77. The van der Waals surface area contributed by atoms with E-state index in [2.05, 4.69) is 71.3 Å². The third-order valence-electron chi connectivity index (χ3n) is 6.08. The summed E-state index contributed by atoms with van der Waals surface area (Å²) < 4.78 is 0. The van der Waals surface area contributed by atoms with Crippen LogP contribution in [-0.2, 0) is 6.42 Å². The van der Waals surface area contributed by atoms with Crippen LogP contribution in [0.1, 0.15) is 115 Å². The Morgan fingerprint density at radius 1 is 0.972 bits per heavy atom. The predicted molar refractivity (Wildman–Crippen MR) is 161 cm³/mol. The molecule has 0 atom stereocenters. The van der Waals surface area contributed by atoms with Gasteiger partial charge in [0.2, 0.25) is 0 Å². The summed E-state index contributed by atoms with van der Waals surface area (Å²) in [7, 11) is 0. The topological polar surface area (TPSA) is 24.9 Å². The molecule has 0 amide bonds. The van der Waals surface area contributed by atoms with Crippen molar-refractivity contribution in [3.63, 3.8) is 0 Å². The zero-order valence-corrected chi connectivity index (χ0v) is 24.6. The molecule has 0 radical (unpaired) electrons. The fraction of sp³-hybridized carbons (Fsp3) is 0.485. The molecule has 1 aromatic heterocycles. The average molecular weight is 509 g/mol. The molecule has 0 saturated carbocycles. The zero-order valence-electron chi connectivity index (χ0n) is 23.9. The lowest BCUT2D eigenvalue weighted by molar-refractivity contribution is 0.782. The highest BCUT2D eigenvalue weighted by molar-refractivity contribution is 6.30. The van der Waals surface area contributed by atoms with Gasteiger partial charge in [0.25, 0.3) is 0 Å². The van der Waals surface area contributed by atoms with Gasteiger partial charge in [-0.1, -0.05) is 94.3 Å². The molecule has 36 heavy (non-hydrogen) atoms. The summed E-state index contributed by atoms with van der Waals surface area (Å²) in [6.45, 7) is 15.3. The molecule has 0 aliphatic rings. The van der Waals surface area contributed by atoms with Crippen LogP contribution in [0, 0.1) is 6.92 Å². The standard InChI is InChI=1S/C23H30ClN.C10H19N/c1-5-9-18(10-6-2)22(23-17(4)12-8-15-25-23)21-14-13-20(24)16-19(21)11-7-3;1-4-6-7-10(3)9-11-8-5-2/h8,12-16H,5-7,9-11H2,1-4H3;5,8-9,11H,4,6-7H2,1-3H3/b;8-5+,10-9+. The minimum absolute atomic E-state index is 0.817. The van der Waals surface area contributed by atoms with Crippen LogP contribution in [0.25, 0.3) is 5.57 Å². The van der Waals surface area contributed by atoms with E-state index in [9.17, 15) is 0 Å². The van der Waals surface area contributed by atoms with Gasteiger partial charge in [-0.3, -0.25) is 4.98 Å². The first-order valence-corrected chi connectivity index (χ1v) is 14.3. The highest BCUT2D eigenvalue weighted by Gasteiger charge is 2.17. The lowest BCUT2D eigenvalue weighted by atomic mass is 9.86. The molecule has 0 saturated heterocycles. The summed E-state index contributed by atoms with van der Waals surface area (Å²) in [6, 6.07) is 10.5. The third-order valence-corrected chi connectivity index (χ3v) is 6.31. The lowest BCUT2D eigenvalue weighted by Gasteiger charge is -2.20. The second-order valence-electron chi connectivity index (χ2n) is 9.46. The average Bonchev–Trinajstić information content (AvgIpc) is 2.86. The minimum atomic E-state index is 0.817. The number of nitrogens with one attached hydrogen (secondary N) is 1. The molecule has 0 aliphatic heterocycles. The van der Waals surface area contributed by atoms with Crippen LogP contribution in [-0.4, -0.2) is 4.98 Å². The van der Waals surface area contributed by atoms with Crippen molar-refractivity contribution in [2.75, 3.05) is 0 Å². The molecule has 0 bridgehead atoms. The maximum absolute atomic E-state index is 6.30. The zero-order chi connectivity index (χ0) is 26.8. The first-order valence-electron chi connectivity index (χ1n) is 13.9. The van der Waals surface area contributed by atoms with E-state index < -0.39 is 0 Å². The Bertz CT molecular complexity index is 977. The summed E-state index contributed by atoms with van der Waals surface area (Å²) >= 11 is 6.30. The molecule has 0 unspecified atom stereocenters. The van der Waals surface area contributed by atoms with E-state index in [1.54, 1.807) is 0 Å². The fourth-order valence-corrected chi connectivity index (χ4v) is 4.50. The molecule has 1 aromatic carbocycles. The summed E-state index contributed by atoms with van der Waals surface area (Å²) in [5.74, 6) is 0. The van der Waals surface area contributed by atoms with Crippen molar-refractivity contribution in [3.05, 3.63) is 93.6 Å². The maximum Gasteiger partial charge on any atom is 0.0736 e. The van der Waals surface area contributed by atoms with E-state index in [0.717, 1.165) is 49.2 Å². The van der Waals surface area contributed by atoms with E-state index in [1.807, 2.05) is 37.5 Å². The van der Waals surface area contributed by atoms with E-state index in [-0.39, 0.29) is 0 Å². The number of allylic oxidation sites excluding steroid dienone is 3. The number of aryl methyl sites for hydroxylation is 2. The van der Waals surface area contributed by atoms with Crippen LogP contribution in [0.15, 0.2) is 66.2 Å². The van der Waals surface area contributed by atoms with Crippen molar-refractivity contribution >= 4 is 17.2 Å². The minimum Gasteiger partial charge on any atom is -0.368 e. The number of rotatable bonds is 13. The molecule has 2 aromatic rings. The van der Waals surface area contributed by atoms with Gasteiger partial charge in [0.15, 0.2) is 0 Å². The van der Waals surface area contributed by atoms with Crippen molar-refractivity contribution in [1.29, 1.82) is 0 Å².